The predicted molar refractivity (Wildman–Crippen MR) is 23.0 cm³/mol. The molecule has 0 rings (SSSR count). The molecule has 0 fully saturated rings. The Morgan fingerprint density at radius 3 is 1.50 bits per heavy atom. The molecule has 0 nitrogen and oxygen atoms in total. The maximum absolute atomic E-state index is 10.7. The fourth-order valence-corrected chi connectivity index (χ4v) is 0.0714. The molecule has 50 valence electrons. The summed E-state index contributed by atoms with van der Waals surface area (Å²) in [5.41, 5.74) is 0. The number of halogens is 4. The van der Waals surface area contributed by atoms with Crippen LogP contribution in [0.4, 0.5) is 17.6 Å². The van der Waals surface area contributed by atoms with Gasteiger partial charge in [-0.25, -0.2) is 4.39 Å². The highest BCUT2D eigenvalue weighted by molar-refractivity contribution is 4.80. The van der Waals surface area contributed by atoms with E-state index in [1.165, 1.54) is 0 Å². The summed E-state index contributed by atoms with van der Waals surface area (Å²) < 4.78 is 42.8. The summed E-state index contributed by atoms with van der Waals surface area (Å²) in [5, 5.41) is 0. The molecule has 0 spiro atoms. The van der Waals surface area contributed by atoms with Crippen molar-refractivity contribution in [2.24, 2.45) is 0 Å². The molecular formula is C4H6F4. The predicted octanol–water partition coefficient (Wildman–Crippen LogP) is 2.67. The lowest BCUT2D eigenvalue weighted by molar-refractivity contribution is -0.0805. The first-order valence-electron chi connectivity index (χ1n) is 1.41. The van der Waals surface area contributed by atoms with Gasteiger partial charge in [0.25, 0.3) is 0 Å². The van der Waals surface area contributed by atoms with Crippen LogP contribution in [0.3, 0.4) is 0 Å². The van der Waals surface area contributed by atoms with E-state index in [2.05, 4.69) is 0 Å². The van der Waals surface area contributed by atoms with Crippen molar-refractivity contribution in [1.82, 2.24) is 0 Å². The van der Waals surface area contributed by atoms with E-state index in [9.17, 15) is 17.6 Å². The summed E-state index contributed by atoms with van der Waals surface area (Å²) in [6, 6.07) is 0. The molecule has 0 bridgehead atoms. The molecule has 0 N–H and O–H groups in total. The van der Waals surface area contributed by atoms with Gasteiger partial charge in [-0.1, -0.05) is 7.43 Å². The monoisotopic (exact) mass is 130 g/mol. The van der Waals surface area contributed by atoms with Gasteiger partial charge in [0.1, 0.15) is 0 Å². The van der Waals surface area contributed by atoms with Crippen molar-refractivity contribution in [2.75, 3.05) is 0 Å². The molecule has 0 heterocycles. The fourth-order valence-electron chi connectivity index (χ4n) is 0.0714. The van der Waals surface area contributed by atoms with Crippen LogP contribution in [0.15, 0.2) is 12.4 Å². The molecule has 0 aliphatic carbocycles. The highest BCUT2D eigenvalue weighted by Crippen LogP contribution is 2.15. The SMILES string of the molecule is C.FC=CC(F)(F)F. The van der Waals surface area contributed by atoms with Crippen molar-refractivity contribution in [1.29, 1.82) is 0 Å². The van der Waals surface area contributed by atoms with Crippen molar-refractivity contribution in [3.63, 3.8) is 0 Å². The van der Waals surface area contributed by atoms with E-state index in [-0.39, 0.29) is 7.43 Å². The Morgan fingerprint density at radius 2 is 1.50 bits per heavy atom. The molecule has 0 unspecified atom stereocenters. The lowest BCUT2D eigenvalue weighted by Gasteiger charge is -1.92. The third-order valence-corrected chi connectivity index (χ3v) is 0.252. The van der Waals surface area contributed by atoms with Crippen molar-refractivity contribution in [3.8, 4) is 0 Å². The summed E-state index contributed by atoms with van der Waals surface area (Å²) in [6.45, 7) is 0. The Labute approximate surface area is 44.8 Å². The largest absolute Gasteiger partial charge is 0.411 e. The van der Waals surface area contributed by atoms with Gasteiger partial charge in [0.05, 0.1) is 6.33 Å². The van der Waals surface area contributed by atoms with Gasteiger partial charge in [0.2, 0.25) is 0 Å². The topological polar surface area (TPSA) is 0 Å². The summed E-state index contributed by atoms with van der Waals surface area (Å²) in [7, 11) is 0. The minimum Gasteiger partial charge on any atom is -0.216 e. The van der Waals surface area contributed by atoms with Crippen LogP contribution in [0.5, 0.6) is 0 Å². The average molecular weight is 130 g/mol. The van der Waals surface area contributed by atoms with E-state index in [0.717, 1.165) is 0 Å². The third-order valence-electron chi connectivity index (χ3n) is 0.252. The Bertz CT molecular complexity index is 70.6. The molecular weight excluding hydrogens is 124 g/mol. The zero-order valence-electron chi connectivity index (χ0n) is 3.17. The lowest BCUT2D eigenvalue weighted by atomic mass is 10.6. The highest BCUT2D eigenvalue weighted by Gasteiger charge is 2.21. The van der Waals surface area contributed by atoms with Crippen LogP contribution >= 0.6 is 0 Å². The summed E-state index contributed by atoms with van der Waals surface area (Å²) in [4.78, 5) is 0. The number of hydrogen-bond acceptors (Lipinski definition) is 0. The third kappa shape index (κ3) is 9.07. The molecule has 4 heteroatoms. The molecule has 8 heavy (non-hydrogen) atoms. The molecule has 0 amide bonds. The van der Waals surface area contributed by atoms with Gasteiger partial charge in [-0.2, -0.15) is 13.2 Å². The van der Waals surface area contributed by atoms with Gasteiger partial charge in [-0.15, -0.1) is 0 Å². The first-order valence-corrected chi connectivity index (χ1v) is 1.41. The summed E-state index contributed by atoms with van der Waals surface area (Å²) in [5.74, 6) is 0. The first-order chi connectivity index (χ1) is 3.06. The van der Waals surface area contributed by atoms with Crippen molar-refractivity contribution in [2.45, 2.75) is 13.6 Å². The maximum atomic E-state index is 10.7. The Morgan fingerprint density at radius 1 is 1.12 bits per heavy atom. The Balaban J connectivity index is 0. The van der Waals surface area contributed by atoms with Crippen molar-refractivity contribution >= 4 is 0 Å². The average Bonchev–Trinajstić information content (AvgIpc) is 1.30. The molecule has 0 aromatic heterocycles. The van der Waals surface area contributed by atoms with Gasteiger partial charge >= 0.3 is 6.18 Å². The molecule has 0 aliphatic heterocycles. The zero-order chi connectivity index (χ0) is 5.91. The fraction of sp³-hybridized carbons (Fsp3) is 0.500. The second-order valence-electron chi connectivity index (χ2n) is 0.834. The number of rotatable bonds is 0. The minimum absolute atomic E-state index is 0. The molecule has 0 atom stereocenters. The van der Waals surface area contributed by atoms with E-state index in [0.29, 0.717) is 0 Å². The minimum atomic E-state index is -4.51. The number of alkyl halides is 3. The van der Waals surface area contributed by atoms with Gasteiger partial charge in [0.15, 0.2) is 0 Å². The zero-order valence-corrected chi connectivity index (χ0v) is 3.17. The molecule has 0 saturated heterocycles. The summed E-state index contributed by atoms with van der Waals surface area (Å²) >= 11 is 0. The van der Waals surface area contributed by atoms with E-state index in [1.807, 2.05) is 0 Å². The first kappa shape index (κ1) is 10.4. The molecule has 0 saturated carbocycles. The van der Waals surface area contributed by atoms with Crippen molar-refractivity contribution in [3.05, 3.63) is 12.4 Å². The van der Waals surface area contributed by atoms with E-state index in [1.54, 1.807) is 0 Å². The number of allylic oxidation sites excluding steroid dienone is 1. The second kappa shape index (κ2) is 3.46. The normalized spacial score (nSPS) is 11.5. The quantitative estimate of drug-likeness (QED) is 0.442. The van der Waals surface area contributed by atoms with Crippen LogP contribution in [0.2, 0.25) is 0 Å². The molecule has 0 radical (unpaired) electrons. The van der Waals surface area contributed by atoms with Crippen LogP contribution < -0.4 is 0 Å². The molecule has 0 aliphatic rings. The highest BCUT2D eigenvalue weighted by atomic mass is 19.4. The second-order valence-corrected chi connectivity index (χ2v) is 0.834. The number of hydrogen-bond donors (Lipinski definition) is 0. The van der Waals surface area contributed by atoms with Gasteiger partial charge in [0, 0.05) is 6.08 Å². The van der Waals surface area contributed by atoms with Crippen LogP contribution in [0.25, 0.3) is 0 Å². The standard InChI is InChI=1S/C3H2F4.CH4/c4-2-1-3(5,6)7;/h1-2H;1H4. The lowest BCUT2D eigenvalue weighted by Crippen LogP contribution is -1.99. The van der Waals surface area contributed by atoms with Crippen molar-refractivity contribution < 1.29 is 17.6 Å². The van der Waals surface area contributed by atoms with Crippen LogP contribution in [0, 0.1) is 0 Å². The van der Waals surface area contributed by atoms with E-state index < -0.39 is 18.6 Å². The maximum Gasteiger partial charge on any atom is 0.411 e. The molecule has 0 aromatic rings. The Kier molecular flexibility index (Phi) is 4.52. The van der Waals surface area contributed by atoms with Gasteiger partial charge < -0.3 is 0 Å². The van der Waals surface area contributed by atoms with Crippen LogP contribution in [-0.4, -0.2) is 6.18 Å². The molecule has 0 aromatic carbocycles. The van der Waals surface area contributed by atoms with E-state index >= 15 is 0 Å². The van der Waals surface area contributed by atoms with Crippen LogP contribution in [-0.2, 0) is 0 Å². The van der Waals surface area contributed by atoms with E-state index in [4.69, 9.17) is 0 Å². The van der Waals surface area contributed by atoms with Gasteiger partial charge in [-0.05, 0) is 0 Å². The van der Waals surface area contributed by atoms with Gasteiger partial charge in [-0.3, -0.25) is 0 Å². The smallest absolute Gasteiger partial charge is 0.216 e. The summed E-state index contributed by atoms with van der Waals surface area (Å²) in [6.07, 6.45) is -5.53. The Hall–Kier alpha value is -0.540. The van der Waals surface area contributed by atoms with Crippen LogP contribution in [0.1, 0.15) is 7.43 Å².